The van der Waals surface area contributed by atoms with Crippen molar-refractivity contribution < 1.29 is 23.9 Å². The maximum absolute atomic E-state index is 11.8. The Hall–Kier alpha value is -2.25. The highest BCUT2D eigenvalue weighted by atomic mass is 16.6. The molecule has 0 unspecified atom stereocenters. The van der Waals surface area contributed by atoms with E-state index in [2.05, 4.69) is 22.5 Å². The molecule has 0 saturated carbocycles. The zero-order valence-corrected chi connectivity index (χ0v) is 19.7. The van der Waals surface area contributed by atoms with Crippen molar-refractivity contribution in [1.29, 1.82) is 0 Å². The molecule has 0 spiro atoms. The Morgan fingerprint density at radius 3 is 1.84 bits per heavy atom. The molecule has 0 aromatic heterocycles. The summed E-state index contributed by atoms with van der Waals surface area (Å²) in [5, 5.41) is 8.14. The van der Waals surface area contributed by atoms with Gasteiger partial charge >= 0.3 is 12.2 Å². The third-order valence-electron chi connectivity index (χ3n) is 4.30. The van der Waals surface area contributed by atoms with Gasteiger partial charge in [-0.15, -0.1) is 0 Å². The number of nitrogens with one attached hydrogen (secondary N) is 3. The lowest BCUT2D eigenvalue weighted by Gasteiger charge is -2.19. The number of alkyl carbamates (subject to hydrolysis) is 2. The van der Waals surface area contributed by atoms with Crippen molar-refractivity contribution >= 4 is 18.1 Å². The third-order valence-corrected chi connectivity index (χ3v) is 4.30. The molecule has 3 N–H and O–H groups in total. The van der Waals surface area contributed by atoms with E-state index < -0.39 is 11.7 Å². The Morgan fingerprint density at radius 1 is 0.742 bits per heavy atom. The summed E-state index contributed by atoms with van der Waals surface area (Å²) in [7, 11) is 0. The first-order valence-electron chi connectivity index (χ1n) is 11.5. The second-order valence-corrected chi connectivity index (χ2v) is 8.52. The van der Waals surface area contributed by atoms with E-state index in [0.717, 1.165) is 32.1 Å². The topological polar surface area (TPSA) is 106 Å². The summed E-state index contributed by atoms with van der Waals surface area (Å²) < 4.78 is 9.96. The van der Waals surface area contributed by atoms with E-state index in [1.54, 1.807) is 26.8 Å². The van der Waals surface area contributed by atoms with E-state index in [1.165, 1.54) is 25.7 Å². The lowest BCUT2D eigenvalue weighted by atomic mass is 10.1. The molecule has 0 bridgehead atoms. The minimum Gasteiger partial charge on any atom is -0.445 e. The van der Waals surface area contributed by atoms with Gasteiger partial charge in [0.2, 0.25) is 5.91 Å². The molecule has 3 amide bonds. The van der Waals surface area contributed by atoms with Gasteiger partial charge in [-0.3, -0.25) is 4.79 Å². The minimum absolute atomic E-state index is 0.0213. The van der Waals surface area contributed by atoms with Crippen LogP contribution in [-0.4, -0.2) is 49.9 Å². The van der Waals surface area contributed by atoms with Crippen LogP contribution in [0.25, 0.3) is 0 Å². The number of carbonyl (C=O) groups is 3. The maximum atomic E-state index is 11.8. The highest BCUT2D eigenvalue weighted by Gasteiger charge is 2.15. The SMILES string of the molecule is C=CCOC(=O)NCCCCCCCCCCCC(=O)NCCNC(=O)OC(C)(C)C. The third kappa shape index (κ3) is 22.3. The summed E-state index contributed by atoms with van der Waals surface area (Å²) in [5.74, 6) is 0.0213. The molecule has 8 nitrogen and oxygen atoms in total. The zero-order chi connectivity index (χ0) is 23.4. The van der Waals surface area contributed by atoms with Crippen LogP contribution in [0.15, 0.2) is 12.7 Å². The average molecular weight is 442 g/mol. The van der Waals surface area contributed by atoms with Gasteiger partial charge in [0.15, 0.2) is 0 Å². The largest absolute Gasteiger partial charge is 0.445 e. The average Bonchev–Trinajstić information content (AvgIpc) is 2.69. The first-order valence-corrected chi connectivity index (χ1v) is 11.5. The summed E-state index contributed by atoms with van der Waals surface area (Å²) in [6.45, 7) is 10.6. The summed E-state index contributed by atoms with van der Waals surface area (Å²) >= 11 is 0. The van der Waals surface area contributed by atoms with Crippen molar-refractivity contribution in [2.24, 2.45) is 0 Å². The number of hydrogen-bond acceptors (Lipinski definition) is 5. The number of carbonyl (C=O) groups excluding carboxylic acids is 3. The zero-order valence-electron chi connectivity index (χ0n) is 19.7. The predicted molar refractivity (Wildman–Crippen MR) is 123 cm³/mol. The van der Waals surface area contributed by atoms with Crippen LogP contribution < -0.4 is 16.0 Å². The number of rotatable bonds is 17. The quantitative estimate of drug-likeness (QED) is 0.229. The van der Waals surface area contributed by atoms with E-state index in [4.69, 9.17) is 9.47 Å². The Balaban J connectivity index is 3.34. The van der Waals surface area contributed by atoms with Crippen molar-refractivity contribution in [1.82, 2.24) is 16.0 Å². The van der Waals surface area contributed by atoms with Gasteiger partial charge in [0.25, 0.3) is 0 Å². The van der Waals surface area contributed by atoms with Gasteiger partial charge in [0.1, 0.15) is 12.2 Å². The fourth-order valence-electron chi connectivity index (χ4n) is 2.79. The molecule has 0 aromatic rings. The number of unbranched alkanes of at least 4 members (excludes halogenated alkanes) is 8. The minimum atomic E-state index is -0.520. The van der Waals surface area contributed by atoms with Crippen LogP contribution in [0.5, 0.6) is 0 Å². The predicted octanol–water partition coefficient (Wildman–Crippen LogP) is 4.44. The van der Waals surface area contributed by atoms with Crippen LogP contribution >= 0.6 is 0 Å². The lowest BCUT2D eigenvalue weighted by molar-refractivity contribution is -0.121. The fraction of sp³-hybridized carbons (Fsp3) is 0.783. The van der Waals surface area contributed by atoms with Crippen LogP contribution in [0.3, 0.4) is 0 Å². The second kappa shape index (κ2) is 18.5. The number of hydrogen-bond donors (Lipinski definition) is 3. The Kier molecular flexibility index (Phi) is 17.2. The van der Waals surface area contributed by atoms with Crippen LogP contribution in [0, 0.1) is 0 Å². The molecule has 0 aliphatic carbocycles. The molecule has 0 aliphatic heterocycles. The van der Waals surface area contributed by atoms with Gasteiger partial charge < -0.3 is 25.4 Å². The first kappa shape index (κ1) is 28.8. The van der Waals surface area contributed by atoms with Gasteiger partial charge in [0.05, 0.1) is 0 Å². The van der Waals surface area contributed by atoms with Crippen molar-refractivity contribution in [2.75, 3.05) is 26.2 Å². The van der Waals surface area contributed by atoms with Crippen LogP contribution in [-0.2, 0) is 14.3 Å². The van der Waals surface area contributed by atoms with E-state index in [-0.39, 0.29) is 18.6 Å². The molecule has 0 rings (SSSR count). The lowest BCUT2D eigenvalue weighted by Crippen LogP contribution is -2.37. The molecular weight excluding hydrogens is 398 g/mol. The van der Waals surface area contributed by atoms with Gasteiger partial charge in [-0.1, -0.05) is 57.6 Å². The Bertz CT molecular complexity index is 518. The molecule has 0 radical (unpaired) electrons. The molecule has 180 valence electrons. The smallest absolute Gasteiger partial charge is 0.407 e. The van der Waals surface area contributed by atoms with Gasteiger partial charge in [0, 0.05) is 26.1 Å². The number of ether oxygens (including phenoxy) is 2. The molecular formula is C23H43N3O5. The molecule has 8 heteroatoms. The number of amides is 3. The standard InChI is InChI=1S/C23H43N3O5/c1-5-19-30-21(28)25-16-14-12-10-8-6-7-9-11-13-15-20(27)24-17-18-26-22(29)31-23(2,3)4/h5H,1,6-19H2,2-4H3,(H,24,27)(H,25,28)(H,26,29). The summed E-state index contributed by atoms with van der Waals surface area (Å²) in [4.78, 5) is 34.5. The molecule has 0 aromatic carbocycles. The van der Waals surface area contributed by atoms with Crippen molar-refractivity contribution in [3.8, 4) is 0 Å². The summed E-state index contributed by atoms with van der Waals surface area (Å²) in [5.41, 5.74) is -0.520. The highest BCUT2D eigenvalue weighted by molar-refractivity contribution is 5.75. The second-order valence-electron chi connectivity index (χ2n) is 8.52. The molecule has 31 heavy (non-hydrogen) atoms. The van der Waals surface area contributed by atoms with E-state index in [9.17, 15) is 14.4 Å². The van der Waals surface area contributed by atoms with E-state index in [0.29, 0.717) is 26.1 Å². The van der Waals surface area contributed by atoms with Crippen LogP contribution in [0.2, 0.25) is 0 Å². The van der Waals surface area contributed by atoms with Crippen LogP contribution in [0.4, 0.5) is 9.59 Å². The van der Waals surface area contributed by atoms with Crippen molar-refractivity contribution in [2.45, 2.75) is 90.6 Å². The summed E-state index contributed by atoms with van der Waals surface area (Å²) in [6.07, 6.45) is 11.1. The van der Waals surface area contributed by atoms with Gasteiger partial charge in [-0.2, -0.15) is 0 Å². The molecule has 0 saturated heterocycles. The van der Waals surface area contributed by atoms with Gasteiger partial charge in [-0.05, 0) is 33.6 Å². The summed E-state index contributed by atoms with van der Waals surface area (Å²) in [6, 6.07) is 0. The maximum Gasteiger partial charge on any atom is 0.407 e. The Labute approximate surface area is 187 Å². The monoisotopic (exact) mass is 441 g/mol. The van der Waals surface area contributed by atoms with E-state index >= 15 is 0 Å². The molecule has 0 atom stereocenters. The van der Waals surface area contributed by atoms with Gasteiger partial charge in [-0.25, -0.2) is 9.59 Å². The van der Waals surface area contributed by atoms with Crippen molar-refractivity contribution in [3.05, 3.63) is 12.7 Å². The van der Waals surface area contributed by atoms with Crippen molar-refractivity contribution in [3.63, 3.8) is 0 Å². The van der Waals surface area contributed by atoms with Crippen LogP contribution in [0.1, 0.15) is 85.0 Å². The molecule has 0 aliphatic rings. The molecule has 0 fully saturated rings. The highest BCUT2D eigenvalue weighted by Crippen LogP contribution is 2.10. The fourth-order valence-corrected chi connectivity index (χ4v) is 2.79. The molecule has 0 heterocycles. The normalized spacial score (nSPS) is 10.8. The Morgan fingerprint density at radius 2 is 1.26 bits per heavy atom. The van der Waals surface area contributed by atoms with E-state index in [1.807, 2.05) is 0 Å². The first-order chi connectivity index (χ1) is 14.7.